The Morgan fingerprint density at radius 3 is 2.47 bits per heavy atom. The van der Waals surface area contributed by atoms with Crippen molar-refractivity contribution in [1.29, 1.82) is 0 Å². The Bertz CT molecular complexity index is 1120. The van der Waals surface area contributed by atoms with Gasteiger partial charge in [-0.3, -0.25) is 0 Å². The molecule has 3 aromatic rings. The number of thiophene rings is 1. The van der Waals surface area contributed by atoms with Crippen LogP contribution in [0, 0.1) is 5.92 Å². The second kappa shape index (κ2) is 11.4. The molecule has 1 aromatic carbocycles. The van der Waals surface area contributed by atoms with Crippen molar-refractivity contribution in [1.82, 2.24) is 14.9 Å². The molecule has 3 saturated heterocycles. The summed E-state index contributed by atoms with van der Waals surface area (Å²) in [6.45, 7) is 10.5. The lowest BCUT2D eigenvalue weighted by Gasteiger charge is -2.33. The first-order chi connectivity index (χ1) is 17.8. The second-order valence-electron chi connectivity index (χ2n) is 10.2. The van der Waals surface area contributed by atoms with Crippen molar-refractivity contribution >= 4 is 33.3 Å². The number of rotatable bonds is 8. The average Bonchev–Trinajstić information content (AvgIpc) is 3.62. The Labute approximate surface area is 218 Å². The van der Waals surface area contributed by atoms with Gasteiger partial charge in [-0.25, -0.2) is 4.98 Å². The monoisotopic (exact) mass is 507 g/mol. The lowest BCUT2D eigenvalue weighted by atomic mass is 9.98. The molecule has 6 rings (SSSR count). The summed E-state index contributed by atoms with van der Waals surface area (Å²) < 4.78 is 11.7. The van der Waals surface area contributed by atoms with E-state index in [2.05, 4.69) is 50.4 Å². The summed E-state index contributed by atoms with van der Waals surface area (Å²) >= 11 is 1.73. The highest BCUT2D eigenvalue weighted by Gasteiger charge is 2.26. The van der Waals surface area contributed by atoms with Crippen molar-refractivity contribution < 1.29 is 9.47 Å². The van der Waals surface area contributed by atoms with Gasteiger partial charge in [0.05, 0.1) is 25.2 Å². The number of anilines is 2. The third kappa shape index (κ3) is 5.37. The van der Waals surface area contributed by atoms with Crippen molar-refractivity contribution in [2.75, 3.05) is 82.0 Å². The maximum absolute atomic E-state index is 6.07. The molecule has 8 heteroatoms. The number of benzene rings is 1. The van der Waals surface area contributed by atoms with E-state index in [1.807, 2.05) is 0 Å². The molecular formula is C28H37N5O2S. The van der Waals surface area contributed by atoms with Gasteiger partial charge in [-0.15, -0.1) is 11.3 Å². The molecule has 192 valence electrons. The first-order valence-electron chi connectivity index (χ1n) is 13.6. The van der Waals surface area contributed by atoms with Gasteiger partial charge in [0.25, 0.3) is 0 Å². The zero-order valence-electron chi connectivity index (χ0n) is 21.1. The predicted octanol–water partition coefficient (Wildman–Crippen LogP) is 4.52. The summed E-state index contributed by atoms with van der Waals surface area (Å²) in [6.07, 6.45) is 4.96. The number of likely N-dealkylation sites (tertiary alicyclic amines) is 1. The van der Waals surface area contributed by atoms with Crippen LogP contribution in [0.25, 0.3) is 21.3 Å². The molecule has 0 saturated carbocycles. The molecule has 3 fully saturated rings. The molecule has 2 aromatic heterocycles. The van der Waals surface area contributed by atoms with E-state index in [0.717, 1.165) is 88.6 Å². The number of nitrogens with zero attached hydrogens (tertiary/aromatic N) is 5. The molecule has 0 unspecified atom stereocenters. The number of hydrogen-bond acceptors (Lipinski definition) is 8. The van der Waals surface area contributed by atoms with E-state index in [4.69, 9.17) is 19.4 Å². The lowest BCUT2D eigenvalue weighted by molar-refractivity contribution is 0.0752. The molecule has 3 aliphatic heterocycles. The molecule has 36 heavy (non-hydrogen) atoms. The summed E-state index contributed by atoms with van der Waals surface area (Å²) in [7, 11) is 0. The van der Waals surface area contributed by atoms with Crippen LogP contribution in [0.2, 0.25) is 0 Å². The molecule has 0 bridgehead atoms. The van der Waals surface area contributed by atoms with Crippen molar-refractivity contribution in [3.63, 3.8) is 0 Å². The van der Waals surface area contributed by atoms with Gasteiger partial charge >= 0.3 is 0 Å². The van der Waals surface area contributed by atoms with E-state index in [9.17, 15) is 0 Å². The Morgan fingerprint density at radius 1 is 0.917 bits per heavy atom. The van der Waals surface area contributed by atoms with Crippen LogP contribution in [-0.4, -0.2) is 87.1 Å². The number of hydrogen-bond donors (Lipinski definition) is 0. The Morgan fingerprint density at radius 2 is 1.69 bits per heavy atom. The number of ether oxygens (including phenoxy) is 2. The summed E-state index contributed by atoms with van der Waals surface area (Å²) in [5.41, 5.74) is 2.45. The van der Waals surface area contributed by atoms with Crippen molar-refractivity contribution in [2.24, 2.45) is 5.92 Å². The molecule has 0 N–H and O–H groups in total. The summed E-state index contributed by atoms with van der Waals surface area (Å²) in [6, 6.07) is 10.6. The Hall–Kier alpha value is -2.26. The molecule has 0 atom stereocenters. The van der Waals surface area contributed by atoms with Crippen LogP contribution < -0.4 is 9.80 Å². The van der Waals surface area contributed by atoms with Crippen LogP contribution in [0.5, 0.6) is 0 Å². The van der Waals surface area contributed by atoms with E-state index in [1.54, 1.807) is 11.3 Å². The minimum atomic E-state index is 0.633. The maximum Gasteiger partial charge on any atom is 0.228 e. The maximum atomic E-state index is 6.07. The van der Waals surface area contributed by atoms with E-state index in [-0.39, 0.29) is 0 Å². The fraction of sp³-hybridized carbons (Fsp3) is 0.571. The van der Waals surface area contributed by atoms with Crippen LogP contribution in [0.4, 0.5) is 11.8 Å². The highest BCUT2D eigenvalue weighted by Crippen LogP contribution is 2.40. The largest absolute Gasteiger partial charge is 0.380 e. The molecule has 7 nitrogen and oxygen atoms in total. The summed E-state index contributed by atoms with van der Waals surface area (Å²) in [4.78, 5) is 18.7. The van der Waals surface area contributed by atoms with Gasteiger partial charge in [0.15, 0.2) is 0 Å². The van der Waals surface area contributed by atoms with Crippen LogP contribution in [0.3, 0.4) is 0 Å². The number of aromatic nitrogens is 2. The van der Waals surface area contributed by atoms with Crippen LogP contribution >= 0.6 is 11.3 Å². The van der Waals surface area contributed by atoms with Crippen LogP contribution in [0.15, 0.2) is 35.7 Å². The predicted molar refractivity (Wildman–Crippen MR) is 147 cm³/mol. The fourth-order valence-corrected chi connectivity index (χ4v) is 6.57. The average molecular weight is 508 g/mol. The third-order valence-corrected chi connectivity index (χ3v) is 8.67. The molecule has 0 radical (unpaired) electrons. The van der Waals surface area contributed by atoms with E-state index < -0.39 is 0 Å². The second-order valence-corrected chi connectivity index (χ2v) is 11.1. The molecule has 0 spiro atoms. The SMILES string of the molecule is c1ccc(-c2csc3nc(N4CCC(COCCN5CCCC5)CC4)nc(N4CCOCC4)c23)cc1. The van der Waals surface area contributed by atoms with Gasteiger partial charge in [-0.2, -0.15) is 4.98 Å². The van der Waals surface area contributed by atoms with E-state index in [1.165, 1.54) is 42.4 Å². The normalized spacial score (nSPS) is 20.0. The number of piperidine rings is 1. The first-order valence-corrected chi connectivity index (χ1v) is 14.5. The van der Waals surface area contributed by atoms with Crippen LogP contribution in [0.1, 0.15) is 25.7 Å². The highest BCUT2D eigenvalue weighted by molar-refractivity contribution is 7.17. The lowest BCUT2D eigenvalue weighted by Crippen LogP contribution is -2.39. The minimum absolute atomic E-state index is 0.633. The van der Waals surface area contributed by atoms with Crippen LogP contribution in [-0.2, 0) is 9.47 Å². The van der Waals surface area contributed by atoms with E-state index in [0.29, 0.717) is 5.92 Å². The smallest absolute Gasteiger partial charge is 0.228 e. The van der Waals surface area contributed by atoms with Gasteiger partial charge in [-0.1, -0.05) is 30.3 Å². The van der Waals surface area contributed by atoms with Crippen molar-refractivity contribution in [2.45, 2.75) is 25.7 Å². The van der Waals surface area contributed by atoms with Gasteiger partial charge in [-0.05, 0) is 50.3 Å². The molecular weight excluding hydrogens is 470 g/mol. The Kier molecular flexibility index (Phi) is 7.65. The minimum Gasteiger partial charge on any atom is -0.380 e. The zero-order valence-corrected chi connectivity index (χ0v) is 21.9. The first kappa shape index (κ1) is 24.1. The standard InChI is InChI=1S/C28H37N5O2S/c1-2-6-23(7-3-1)24-21-36-27-25(24)26(32-15-18-34-19-16-32)29-28(30-27)33-12-8-22(9-13-33)20-35-17-14-31-10-4-5-11-31/h1-3,6-7,21-22H,4-5,8-20H2. The van der Waals surface area contributed by atoms with Gasteiger partial charge in [0.2, 0.25) is 5.95 Å². The molecule has 0 amide bonds. The number of morpholine rings is 1. The Balaban J connectivity index is 1.16. The fourth-order valence-electron chi connectivity index (χ4n) is 5.64. The molecule has 0 aliphatic carbocycles. The van der Waals surface area contributed by atoms with E-state index >= 15 is 0 Å². The summed E-state index contributed by atoms with van der Waals surface area (Å²) in [5.74, 6) is 2.57. The van der Waals surface area contributed by atoms with Gasteiger partial charge in [0.1, 0.15) is 10.6 Å². The van der Waals surface area contributed by atoms with Gasteiger partial charge < -0.3 is 24.2 Å². The highest BCUT2D eigenvalue weighted by atomic mass is 32.1. The molecule has 5 heterocycles. The van der Waals surface area contributed by atoms with Crippen molar-refractivity contribution in [3.05, 3.63) is 35.7 Å². The third-order valence-electron chi connectivity index (χ3n) is 7.80. The topological polar surface area (TPSA) is 54.0 Å². The number of fused-ring (bicyclic) bond motifs is 1. The van der Waals surface area contributed by atoms with Crippen molar-refractivity contribution in [3.8, 4) is 11.1 Å². The molecule has 3 aliphatic rings. The quantitative estimate of drug-likeness (QED) is 0.416. The van der Waals surface area contributed by atoms with Gasteiger partial charge in [0, 0.05) is 50.3 Å². The zero-order chi connectivity index (χ0) is 24.2. The summed E-state index contributed by atoms with van der Waals surface area (Å²) in [5, 5.41) is 3.42.